The number of amides is 1. The third-order valence-electron chi connectivity index (χ3n) is 4.05. The van der Waals surface area contributed by atoms with Gasteiger partial charge in [-0.2, -0.15) is 0 Å². The molecule has 134 valence electrons. The van der Waals surface area contributed by atoms with Crippen LogP contribution >= 0.6 is 0 Å². The average molecular weight is 342 g/mol. The van der Waals surface area contributed by atoms with E-state index < -0.39 is 5.97 Å². The fourth-order valence-electron chi connectivity index (χ4n) is 2.77. The zero-order valence-corrected chi connectivity index (χ0v) is 15.2. The highest BCUT2D eigenvalue weighted by atomic mass is 16.5. The molecule has 1 atom stereocenters. The molecule has 0 saturated heterocycles. The van der Waals surface area contributed by atoms with Crippen LogP contribution in [0.2, 0.25) is 0 Å². The molecular formula is C20H26N2O3. The van der Waals surface area contributed by atoms with Crippen LogP contribution in [-0.2, 0) is 9.53 Å². The number of nitrogens with zero attached hydrogens (tertiary/aromatic N) is 1. The second kappa shape index (κ2) is 9.16. The van der Waals surface area contributed by atoms with Crippen molar-refractivity contribution in [3.63, 3.8) is 0 Å². The molecule has 0 aliphatic rings. The summed E-state index contributed by atoms with van der Waals surface area (Å²) in [6, 6.07) is 9.17. The van der Waals surface area contributed by atoms with E-state index in [-0.39, 0.29) is 18.6 Å². The summed E-state index contributed by atoms with van der Waals surface area (Å²) in [4.78, 5) is 28.7. The summed E-state index contributed by atoms with van der Waals surface area (Å²) in [6.07, 6.45) is 4.32. The lowest BCUT2D eigenvalue weighted by atomic mass is 10.1. The van der Waals surface area contributed by atoms with Crippen LogP contribution in [-0.4, -0.2) is 29.5 Å². The van der Waals surface area contributed by atoms with Gasteiger partial charge in [0, 0.05) is 17.1 Å². The highest BCUT2D eigenvalue weighted by Crippen LogP contribution is 2.19. The molecule has 25 heavy (non-hydrogen) atoms. The third kappa shape index (κ3) is 5.55. The molecule has 0 bridgehead atoms. The maximum atomic E-state index is 12.4. The number of pyridine rings is 1. The Hall–Kier alpha value is -2.43. The van der Waals surface area contributed by atoms with Crippen molar-refractivity contribution in [2.24, 2.45) is 0 Å². The van der Waals surface area contributed by atoms with Gasteiger partial charge >= 0.3 is 5.97 Å². The van der Waals surface area contributed by atoms with Crippen molar-refractivity contribution in [3.8, 4) is 0 Å². The lowest BCUT2D eigenvalue weighted by Crippen LogP contribution is -2.35. The molecule has 0 spiro atoms. The maximum Gasteiger partial charge on any atom is 0.339 e. The van der Waals surface area contributed by atoms with Gasteiger partial charge in [0.15, 0.2) is 6.61 Å². The molecule has 1 aromatic heterocycles. The fraction of sp³-hybridized carbons (Fsp3) is 0.450. The molecule has 0 aliphatic carbocycles. The smallest absolute Gasteiger partial charge is 0.339 e. The first-order chi connectivity index (χ1) is 12.0. The lowest BCUT2D eigenvalue weighted by molar-refractivity contribution is -0.124. The number of carbonyl (C=O) groups is 2. The average Bonchev–Trinajstić information content (AvgIpc) is 2.59. The molecule has 1 N–H and O–H groups in total. The monoisotopic (exact) mass is 342 g/mol. The summed E-state index contributed by atoms with van der Waals surface area (Å²) >= 11 is 0. The van der Waals surface area contributed by atoms with Gasteiger partial charge in [0.25, 0.3) is 5.91 Å². The Bertz CT molecular complexity index is 743. The minimum absolute atomic E-state index is 0.0850. The number of unbranched alkanes of at least 4 members (excludes halogenated alkanes) is 2. The molecule has 0 aliphatic heterocycles. The second-order valence-electron chi connectivity index (χ2n) is 6.37. The largest absolute Gasteiger partial charge is 0.452 e. The molecule has 1 amide bonds. The van der Waals surface area contributed by atoms with Gasteiger partial charge in [0.2, 0.25) is 0 Å². The Kier molecular flexibility index (Phi) is 6.92. The second-order valence-corrected chi connectivity index (χ2v) is 6.37. The Labute approximate surface area is 148 Å². The summed E-state index contributed by atoms with van der Waals surface area (Å²) in [5.41, 5.74) is 1.91. The predicted octanol–water partition coefficient (Wildman–Crippen LogP) is 3.79. The number of fused-ring (bicyclic) bond motifs is 1. The highest BCUT2D eigenvalue weighted by molar-refractivity contribution is 6.04. The Morgan fingerprint density at radius 3 is 2.76 bits per heavy atom. The Morgan fingerprint density at radius 2 is 2.00 bits per heavy atom. The van der Waals surface area contributed by atoms with Crippen molar-refractivity contribution in [2.75, 3.05) is 6.61 Å². The number of hydrogen-bond acceptors (Lipinski definition) is 4. The zero-order chi connectivity index (χ0) is 18.2. The van der Waals surface area contributed by atoms with Gasteiger partial charge in [-0.15, -0.1) is 0 Å². The summed E-state index contributed by atoms with van der Waals surface area (Å²) in [7, 11) is 0. The van der Waals surface area contributed by atoms with E-state index in [1.165, 1.54) is 0 Å². The van der Waals surface area contributed by atoms with Crippen LogP contribution in [0.5, 0.6) is 0 Å². The maximum absolute atomic E-state index is 12.4. The van der Waals surface area contributed by atoms with Gasteiger partial charge in [0.1, 0.15) is 0 Å². The van der Waals surface area contributed by atoms with E-state index in [1.807, 2.05) is 38.1 Å². The summed E-state index contributed by atoms with van der Waals surface area (Å²) < 4.78 is 5.20. The van der Waals surface area contributed by atoms with Crippen molar-refractivity contribution in [3.05, 3.63) is 41.6 Å². The number of carbonyl (C=O) groups excluding carboxylic acids is 2. The summed E-state index contributed by atoms with van der Waals surface area (Å²) in [5.74, 6) is -0.775. The van der Waals surface area contributed by atoms with E-state index in [0.29, 0.717) is 5.56 Å². The number of nitrogens with one attached hydrogen (secondary N) is 1. The molecule has 1 aromatic carbocycles. The number of benzene rings is 1. The molecule has 0 fully saturated rings. The van der Waals surface area contributed by atoms with Gasteiger partial charge in [-0.25, -0.2) is 4.79 Å². The number of esters is 1. The molecule has 5 nitrogen and oxygen atoms in total. The van der Waals surface area contributed by atoms with Crippen LogP contribution in [0.3, 0.4) is 0 Å². The van der Waals surface area contributed by atoms with Crippen LogP contribution < -0.4 is 5.32 Å². The van der Waals surface area contributed by atoms with E-state index in [9.17, 15) is 9.59 Å². The zero-order valence-electron chi connectivity index (χ0n) is 15.2. The minimum atomic E-state index is -0.504. The van der Waals surface area contributed by atoms with Crippen molar-refractivity contribution in [1.82, 2.24) is 10.3 Å². The first-order valence-corrected chi connectivity index (χ1v) is 8.84. The van der Waals surface area contributed by atoms with Crippen LogP contribution in [0.25, 0.3) is 10.9 Å². The third-order valence-corrected chi connectivity index (χ3v) is 4.05. The number of aromatic nitrogens is 1. The van der Waals surface area contributed by atoms with Crippen LogP contribution in [0.4, 0.5) is 0 Å². The van der Waals surface area contributed by atoms with Gasteiger partial charge in [0.05, 0.1) is 11.1 Å². The SMILES string of the molecule is CCCCC[C@H](C)NC(=O)COC(=O)c1cc(C)nc2ccccc12. The van der Waals surface area contributed by atoms with Crippen LogP contribution in [0, 0.1) is 6.92 Å². The number of rotatable bonds is 8. The van der Waals surface area contributed by atoms with Gasteiger partial charge < -0.3 is 10.1 Å². The Balaban J connectivity index is 1.93. The molecule has 1 heterocycles. The predicted molar refractivity (Wildman–Crippen MR) is 98.5 cm³/mol. The molecular weight excluding hydrogens is 316 g/mol. The van der Waals surface area contributed by atoms with Crippen molar-refractivity contribution >= 4 is 22.8 Å². The number of aryl methyl sites for hydroxylation is 1. The standard InChI is InChI=1S/C20H26N2O3/c1-4-5-6-9-14(2)22-19(23)13-25-20(24)17-12-15(3)21-18-11-8-7-10-16(17)18/h7-8,10-12,14H,4-6,9,13H2,1-3H3,(H,22,23)/t14-/m0/s1. The van der Waals surface area contributed by atoms with E-state index in [1.54, 1.807) is 6.07 Å². The van der Waals surface area contributed by atoms with E-state index in [0.717, 1.165) is 42.3 Å². The molecule has 5 heteroatoms. The number of hydrogen-bond donors (Lipinski definition) is 1. The minimum Gasteiger partial charge on any atom is -0.452 e. The van der Waals surface area contributed by atoms with E-state index >= 15 is 0 Å². The van der Waals surface area contributed by atoms with E-state index in [2.05, 4.69) is 17.2 Å². The first-order valence-electron chi connectivity index (χ1n) is 8.84. The van der Waals surface area contributed by atoms with Crippen LogP contribution in [0.1, 0.15) is 55.6 Å². The van der Waals surface area contributed by atoms with Crippen LogP contribution in [0.15, 0.2) is 30.3 Å². The summed E-state index contributed by atoms with van der Waals surface area (Å²) in [5, 5.41) is 3.59. The van der Waals surface area contributed by atoms with Crippen molar-refractivity contribution < 1.29 is 14.3 Å². The summed E-state index contributed by atoms with van der Waals surface area (Å²) in [6.45, 7) is 5.67. The lowest BCUT2D eigenvalue weighted by Gasteiger charge is -2.14. The normalized spacial score (nSPS) is 12.0. The number of ether oxygens (including phenoxy) is 1. The van der Waals surface area contributed by atoms with Gasteiger partial charge in [-0.3, -0.25) is 9.78 Å². The Morgan fingerprint density at radius 1 is 1.24 bits per heavy atom. The topological polar surface area (TPSA) is 68.3 Å². The van der Waals surface area contributed by atoms with Gasteiger partial charge in [-0.05, 0) is 32.4 Å². The quantitative estimate of drug-likeness (QED) is 0.585. The first kappa shape index (κ1) is 18.9. The highest BCUT2D eigenvalue weighted by Gasteiger charge is 2.15. The van der Waals surface area contributed by atoms with Gasteiger partial charge in [-0.1, -0.05) is 44.4 Å². The fourth-order valence-corrected chi connectivity index (χ4v) is 2.77. The molecule has 2 rings (SSSR count). The number of para-hydroxylation sites is 1. The molecule has 0 saturated carbocycles. The molecule has 0 unspecified atom stereocenters. The van der Waals surface area contributed by atoms with E-state index in [4.69, 9.17) is 4.74 Å². The molecule has 2 aromatic rings. The molecule has 0 radical (unpaired) electrons. The van der Waals surface area contributed by atoms with Crippen molar-refractivity contribution in [2.45, 2.75) is 52.5 Å². The van der Waals surface area contributed by atoms with Crippen molar-refractivity contribution in [1.29, 1.82) is 0 Å².